The first kappa shape index (κ1) is 11.5. The predicted molar refractivity (Wildman–Crippen MR) is 71.5 cm³/mol. The van der Waals surface area contributed by atoms with E-state index in [9.17, 15) is 0 Å². The van der Waals surface area contributed by atoms with Gasteiger partial charge in [-0.25, -0.2) is 9.67 Å². The second-order valence-electron chi connectivity index (χ2n) is 4.23. The molecule has 0 saturated carbocycles. The second kappa shape index (κ2) is 5.34. The molecular formula is C13H14N6. The molecule has 0 aliphatic carbocycles. The van der Waals surface area contributed by atoms with Crippen LogP contribution in [0.3, 0.4) is 0 Å². The van der Waals surface area contributed by atoms with Gasteiger partial charge in [-0.05, 0) is 23.8 Å². The van der Waals surface area contributed by atoms with Crippen molar-refractivity contribution in [2.75, 3.05) is 5.32 Å². The number of rotatable bonds is 5. The van der Waals surface area contributed by atoms with Crippen molar-refractivity contribution in [3.8, 4) is 0 Å². The van der Waals surface area contributed by atoms with Gasteiger partial charge in [0.25, 0.3) is 0 Å². The molecule has 0 amide bonds. The molecule has 0 saturated heterocycles. The molecule has 96 valence electrons. The Bertz CT molecular complexity index is 614. The Labute approximate surface area is 110 Å². The van der Waals surface area contributed by atoms with Crippen LogP contribution in [0.2, 0.25) is 0 Å². The highest BCUT2D eigenvalue weighted by Gasteiger charge is 1.99. The molecule has 0 bridgehead atoms. The lowest BCUT2D eigenvalue weighted by Gasteiger charge is -2.07. The van der Waals surface area contributed by atoms with E-state index in [1.807, 2.05) is 18.2 Å². The minimum atomic E-state index is 0.722. The monoisotopic (exact) mass is 254 g/mol. The summed E-state index contributed by atoms with van der Waals surface area (Å²) in [6, 6.07) is 10.2. The van der Waals surface area contributed by atoms with Crippen LogP contribution in [0.25, 0.3) is 0 Å². The zero-order valence-electron chi connectivity index (χ0n) is 10.3. The number of benzene rings is 1. The van der Waals surface area contributed by atoms with Gasteiger partial charge in [-0.3, -0.25) is 5.10 Å². The zero-order chi connectivity index (χ0) is 12.9. The van der Waals surface area contributed by atoms with Gasteiger partial charge in [-0.15, -0.1) is 0 Å². The second-order valence-corrected chi connectivity index (χ2v) is 4.23. The number of anilines is 1. The van der Waals surface area contributed by atoms with Crippen LogP contribution in [-0.2, 0) is 13.1 Å². The number of hydrogen-bond donors (Lipinski definition) is 2. The normalized spacial score (nSPS) is 10.5. The summed E-state index contributed by atoms with van der Waals surface area (Å²) < 4.78 is 1.80. The number of nitrogens with one attached hydrogen (secondary N) is 2. The maximum atomic E-state index is 4.10. The van der Waals surface area contributed by atoms with Gasteiger partial charge in [-0.2, -0.15) is 10.2 Å². The standard InChI is InChI=1S/C13H14N6/c1-2-11(8-19-10-14-9-17-19)6-12(3-1)15-7-13-4-5-16-18-13/h1-6,9-10,15H,7-8H2,(H,16,18). The Balaban J connectivity index is 1.66. The Kier molecular flexibility index (Phi) is 3.22. The van der Waals surface area contributed by atoms with E-state index in [0.29, 0.717) is 0 Å². The van der Waals surface area contributed by atoms with Gasteiger partial charge in [0.2, 0.25) is 0 Å². The third kappa shape index (κ3) is 2.98. The summed E-state index contributed by atoms with van der Waals surface area (Å²) in [6.45, 7) is 1.45. The maximum absolute atomic E-state index is 4.10. The van der Waals surface area contributed by atoms with Gasteiger partial charge < -0.3 is 5.32 Å². The average molecular weight is 254 g/mol. The van der Waals surface area contributed by atoms with Crippen LogP contribution in [0.4, 0.5) is 5.69 Å². The molecule has 3 rings (SSSR count). The summed E-state index contributed by atoms with van der Waals surface area (Å²) in [6.07, 6.45) is 5.00. The molecule has 19 heavy (non-hydrogen) atoms. The van der Waals surface area contributed by atoms with Gasteiger partial charge in [0.15, 0.2) is 0 Å². The van der Waals surface area contributed by atoms with E-state index in [1.54, 1.807) is 23.5 Å². The molecule has 3 aromatic rings. The quantitative estimate of drug-likeness (QED) is 0.726. The highest BCUT2D eigenvalue weighted by molar-refractivity contribution is 5.45. The van der Waals surface area contributed by atoms with E-state index < -0.39 is 0 Å². The molecule has 0 aliphatic rings. The highest BCUT2D eigenvalue weighted by atomic mass is 15.3. The molecule has 0 spiro atoms. The first-order valence-electron chi connectivity index (χ1n) is 6.03. The Morgan fingerprint density at radius 2 is 2.26 bits per heavy atom. The lowest BCUT2D eigenvalue weighted by molar-refractivity contribution is 0.685. The zero-order valence-corrected chi connectivity index (χ0v) is 10.3. The van der Waals surface area contributed by atoms with E-state index in [1.165, 1.54) is 5.56 Å². The number of nitrogens with zero attached hydrogens (tertiary/aromatic N) is 4. The molecule has 6 nitrogen and oxygen atoms in total. The molecular weight excluding hydrogens is 240 g/mol. The maximum Gasteiger partial charge on any atom is 0.137 e. The lowest BCUT2D eigenvalue weighted by atomic mass is 10.2. The highest BCUT2D eigenvalue weighted by Crippen LogP contribution is 2.12. The predicted octanol–water partition coefficient (Wildman–Crippen LogP) is 1.66. The number of H-pyrrole nitrogens is 1. The van der Waals surface area contributed by atoms with Crippen molar-refractivity contribution >= 4 is 5.69 Å². The molecule has 2 heterocycles. The molecule has 0 unspecified atom stereocenters. The summed E-state index contributed by atoms with van der Waals surface area (Å²) >= 11 is 0. The fraction of sp³-hybridized carbons (Fsp3) is 0.154. The van der Waals surface area contributed by atoms with Gasteiger partial charge in [0, 0.05) is 11.9 Å². The van der Waals surface area contributed by atoms with Crippen LogP contribution in [0.1, 0.15) is 11.3 Å². The molecule has 1 aromatic carbocycles. The molecule has 2 aromatic heterocycles. The topological polar surface area (TPSA) is 71.4 Å². The van der Waals surface area contributed by atoms with Crippen molar-refractivity contribution in [1.82, 2.24) is 25.0 Å². The van der Waals surface area contributed by atoms with Gasteiger partial charge in [-0.1, -0.05) is 12.1 Å². The van der Waals surface area contributed by atoms with Crippen molar-refractivity contribution < 1.29 is 0 Å². The van der Waals surface area contributed by atoms with Crippen molar-refractivity contribution in [3.63, 3.8) is 0 Å². The molecule has 0 aliphatic heterocycles. The van der Waals surface area contributed by atoms with Crippen LogP contribution in [0.5, 0.6) is 0 Å². The molecule has 0 fully saturated rings. The van der Waals surface area contributed by atoms with Crippen LogP contribution in [-0.4, -0.2) is 25.0 Å². The molecule has 2 N–H and O–H groups in total. The minimum absolute atomic E-state index is 0.722. The number of hydrogen-bond acceptors (Lipinski definition) is 4. The van der Waals surface area contributed by atoms with Crippen molar-refractivity contribution in [2.45, 2.75) is 13.1 Å². The summed E-state index contributed by atoms with van der Waals surface area (Å²) in [5.41, 5.74) is 3.31. The Hall–Kier alpha value is -2.63. The van der Waals surface area contributed by atoms with Gasteiger partial charge in [0.05, 0.1) is 18.8 Å². The SMILES string of the molecule is c1cc(Cn2cncn2)cc(NCc2ccn[nH]2)c1. The fourth-order valence-electron chi connectivity index (χ4n) is 1.86. The summed E-state index contributed by atoms with van der Waals surface area (Å²) in [4.78, 5) is 3.94. The largest absolute Gasteiger partial charge is 0.379 e. The third-order valence-corrected chi connectivity index (χ3v) is 2.78. The summed E-state index contributed by atoms with van der Waals surface area (Å²) in [7, 11) is 0. The van der Waals surface area contributed by atoms with E-state index in [4.69, 9.17) is 0 Å². The first-order valence-corrected chi connectivity index (χ1v) is 6.03. The van der Waals surface area contributed by atoms with E-state index in [-0.39, 0.29) is 0 Å². The number of aromatic amines is 1. The third-order valence-electron chi connectivity index (χ3n) is 2.78. The lowest BCUT2D eigenvalue weighted by Crippen LogP contribution is -2.03. The van der Waals surface area contributed by atoms with Crippen LogP contribution < -0.4 is 5.32 Å². The fourth-order valence-corrected chi connectivity index (χ4v) is 1.86. The van der Waals surface area contributed by atoms with E-state index >= 15 is 0 Å². The first-order chi connectivity index (χ1) is 9.40. The molecule has 6 heteroatoms. The van der Waals surface area contributed by atoms with Crippen LogP contribution >= 0.6 is 0 Å². The summed E-state index contributed by atoms with van der Waals surface area (Å²) in [5.74, 6) is 0. The van der Waals surface area contributed by atoms with E-state index in [2.05, 4.69) is 37.7 Å². The number of aromatic nitrogens is 5. The molecule has 0 radical (unpaired) electrons. The smallest absolute Gasteiger partial charge is 0.137 e. The van der Waals surface area contributed by atoms with Gasteiger partial charge >= 0.3 is 0 Å². The summed E-state index contributed by atoms with van der Waals surface area (Å²) in [5, 5.41) is 14.3. The minimum Gasteiger partial charge on any atom is -0.379 e. The Morgan fingerprint density at radius 1 is 1.26 bits per heavy atom. The van der Waals surface area contributed by atoms with Gasteiger partial charge in [0.1, 0.15) is 12.7 Å². The molecule has 0 atom stereocenters. The van der Waals surface area contributed by atoms with E-state index in [0.717, 1.165) is 24.5 Å². The van der Waals surface area contributed by atoms with Crippen molar-refractivity contribution in [3.05, 3.63) is 60.4 Å². The van der Waals surface area contributed by atoms with Crippen molar-refractivity contribution in [1.29, 1.82) is 0 Å². The average Bonchev–Trinajstić information content (AvgIpc) is 3.10. The van der Waals surface area contributed by atoms with Crippen LogP contribution in [0.15, 0.2) is 49.2 Å². The van der Waals surface area contributed by atoms with Crippen LogP contribution in [0, 0.1) is 0 Å². The van der Waals surface area contributed by atoms with Crippen molar-refractivity contribution in [2.24, 2.45) is 0 Å². The Morgan fingerprint density at radius 3 is 3.05 bits per heavy atom.